The average Bonchev–Trinajstić information content (AvgIpc) is 2.21. The van der Waals surface area contributed by atoms with Gasteiger partial charge in [0.05, 0.1) is 7.11 Å². The first-order valence-corrected chi connectivity index (χ1v) is 4.12. The monoisotopic (exact) mass is 175 g/mol. The summed E-state index contributed by atoms with van der Waals surface area (Å²) in [5.41, 5.74) is 0. The van der Waals surface area contributed by atoms with E-state index in [4.69, 9.17) is 5.11 Å². The van der Waals surface area contributed by atoms with Crippen molar-refractivity contribution in [2.24, 2.45) is 0 Å². The van der Waals surface area contributed by atoms with Gasteiger partial charge in [-0.3, -0.25) is 0 Å². The maximum Gasteiger partial charge on any atom is 0.409 e. The molecule has 1 saturated heterocycles. The molecule has 1 heterocycles. The summed E-state index contributed by atoms with van der Waals surface area (Å²) in [5, 5.41) is 7.00. The van der Waals surface area contributed by atoms with Gasteiger partial charge in [-0.05, 0) is 19.3 Å². The highest BCUT2D eigenvalue weighted by Crippen LogP contribution is 2.08. The van der Waals surface area contributed by atoms with E-state index in [2.05, 4.69) is 4.74 Å². The van der Waals surface area contributed by atoms with Crippen molar-refractivity contribution in [2.75, 3.05) is 27.3 Å². The SMILES string of the molecule is CO.COC(=O)N1CCCCC1. The molecular weight excluding hydrogens is 158 g/mol. The average molecular weight is 175 g/mol. The lowest BCUT2D eigenvalue weighted by molar-refractivity contribution is 0.115. The second-order valence-corrected chi connectivity index (χ2v) is 2.52. The zero-order valence-electron chi connectivity index (χ0n) is 7.75. The number of likely N-dealkylation sites (tertiary alicyclic amines) is 1. The van der Waals surface area contributed by atoms with Crippen LogP contribution in [0, 0.1) is 0 Å². The Morgan fingerprint density at radius 2 is 1.75 bits per heavy atom. The van der Waals surface area contributed by atoms with Crippen LogP contribution in [0.1, 0.15) is 19.3 Å². The smallest absolute Gasteiger partial charge is 0.409 e. The van der Waals surface area contributed by atoms with E-state index in [1.54, 1.807) is 4.90 Å². The van der Waals surface area contributed by atoms with E-state index >= 15 is 0 Å². The molecule has 0 unspecified atom stereocenters. The Hall–Kier alpha value is -0.770. The van der Waals surface area contributed by atoms with Crippen LogP contribution in [0.2, 0.25) is 0 Å². The molecule has 72 valence electrons. The summed E-state index contributed by atoms with van der Waals surface area (Å²) in [5.74, 6) is 0. The van der Waals surface area contributed by atoms with Crippen molar-refractivity contribution in [1.29, 1.82) is 0 Å². The highest BCUT2D eigenvalue weighted by atomic mass is 16.5. The predicted octanol–water partition coefficient (Wildman–Crippen LogP) is 0.847. The third-order valence-electron chi connectivity index (χ3n) is 1.79. The Balaban J connectivity index is 0.000000561. The van der Waals surface area contributed by atoms with Gasteiger partial charge in [0, 0.05) is 20.2 Å². The molecule has 12 heavy (non-hydrogen) atoms. The Bertz CT molecular complexity index is 121. The van der Waals surface area contributed by atoms with E-state index in [0.717, 1.165) is 33.0 Å². The molecule has 0 aromatic rings. The van der Waals surface area contributed by atoms with Crippen LogP contribution in [-0.2, 0) is 4.74 Å². The Kier molecular flexibility index (Phi) is 6.47. The van der Waals surface area contributed by atoms with Gasteiger partial charge in [0.15, 0.2) is 0 Å². The molecule has 0 aromatic heterocycles. The Morgan fingerprint density at radius 3 is 2.17 bits per heavy atom. The normalized spacial score (nSPS) is 16.1. The van der Waals surface area contributed by atoms with Gasteiger partial charge in [0.2, 0.25) is 0 Å². The van der Waals surface area contributed by atoms with Crippen LogP contribution in [0.4, 0.5) is 4.79 Å². The summed E-state index contributed by atoms with van der Waals surface area (Å²) in [4.78, 5) is 12.6. The summed E-state index contributed by atoms with van der Waals surface area (Å²) in [6, 6.07) is 0. The van der Waals surface area contributed by atoms with Gasteiger partial charge in [-0.2, -0.15) is 0 Å². The molecule has 0 atom stereocenters. The highest BCUT2D eigenvalue weighted by molar-refractivity contribution is 5.67. The number of aliphatic hydroxyl groups is 1. The zero-order valence-corrected chi connectivity index (χ0v) is 7.75. The van der Waals surface area contributed by atoms with Crippen LogP contribution in [0.3, 0.4) is 0 Å². The molecule has 0 spiro atoms. The number of hydrogen-bond donors (Lipinski definition) is 1. The number of nitrogens with zero attached hydrogens (tertiary/aromatic N) is 1. The number of piperidine rings is 1. The molecule has 0 aliphatic carbocycles. The van der Waals surface area contributed by atoms with Crippen LogP contribution in [0.15, 0.2) is 0 Å². The van der Waals surface area contributed by atoms with E-state index in [-0.39, 0.29) is 6.09 Å². The molecular formula is C8H17NO3. The molecule has 0 aromatic carbocycles. The van der Waals surface area contributed by atoms with Crippen molar-refractivity contribution in [3.05, 3.63) is 0 Å². The van der Waals surface area contributed by atoms with Crippen molar-refractivity contribution in [1.82, 2.24) is 4.90 Å². The van der Waals surface area contributed by atoms with Gasteiger partial charge in [0.1, 0.15) is 0 Å². The number of amides is 1. The van der Waals surface area contributed by atoms with Gasteiger partial charge >= 0.3 is 6.09 Å². The standard InChI is InChI=1S/C7H13NO2.CH4O/c1-10-7(9)8-5-3-2-4-6-8;1-2/h2-6H2,1H3;2H,1H3. The molecule has 0 saturated carbocycles. The van der Waals surface area contributed by atoms with Crippen molar-refractivity contribution in [2.45, 2.75) is 19.3 Å². The summed E-state index contributed by atoms with van der Waals surface area (Å²) in [6.07, 6.45) is 3.30. The second-order valence-electron chi connectivity index (χ2n) is 2.52. The van der Waals surface area contributed by atoms with Crippen LogP contribution in [0.5, 0.6) is 0 Å². The summed E-state index contributed by atoms with van der Waals surface area (Å²) in [7, 11) is 2.43. The second kappa shape index (κ2) is 6.91. The van der Waals surface area contributed by atoms with E-state index in [1.807, 2.05) is 0 Å². The maximum atomic E-state index is 10.9. The van der Waals surface area contributed by atoms with Crippen LogP contribution >= 0.6 is 0 Å². The Labute approximate surface area is 73.1 Å². The molecule has 1 aliphatic rings. The Morgan fingerprint density at radius 1 is 1.25 bits per heavy atom. The number of ether oxygens (including phenoxy) is 1. The lowest BCUT2D eigenvalue weighted by Gasteiger charge is -2.24. The fourth-order valence-electron chi connectivity index (χ4n) is 1.21. The molecule has 0 radical (unpaired) electrons. The predicted molar refractivity (Wildman–Crippen MR) is 46.0 cm³/mol. The number of rotatable bonds is 0. The summed E-state index contributed by atoms with van der Waals surface area (Å²) in [6.45, 7) is 1.74. The largest absolute Gasteiger partial charge is 0.453 e. The number of aliphatic hydroxyl groups excluding tert-OH is 1. The molecule has 4 heteroatoms. The van der Waals surface area contributed by atoms with E-state index in [0.29, 0.717) is 0 Å². The fraction of sp³-hybridized carbons (Fsp3) is 0.875. The number of hydrogen-bond acceptors (Lipinski definition) is 3. The van der Waals surface area contributed by atoms with E-state index in [9.17, 15) is 4.79 Å². The van der Waals surface area contributed by atoms with Crippen molar-refractivity contribution in [3.8, 4) is 0 Å². The van der Waals surface area contributed by atoms with Crippen LogP contribution < -0.4 is 0 Å². The van der Waals surface area contributed by atoms with Gasteiger partial charge < -0.3 is 14.7 Å². The van der Waals surface area contributed by atoms with Crippen molar-refractivity contribution in [3.63, 3.8) is 0 Å². The quantitative estimate of drug-likeness (QED) is 0.593. The van der Waals surface area contributed by atoms with Gasteiger partial charge in [-0.15, -0.1) is 0 Å². The minimum absolute atomic E-state index is 0.181. The van der Waals surface area contributed by atoms with E-state index in [1.165, 1.54) is 13.5 Å². The molecule has 1 aliphatic heterocycles. The minimum Gasteiger partial charge on any atom is -0.453 e. The van der Waals surface area contributed by atoms with Gasteiger partial charge in [-0.1, -0.05) is 0 Å². The van der Waals surface area contributed by atoms with Crippen molar-refractivity contribution >= 4 is 6.09 Å². The first-order valence-electron chi connectivity index (χ1n) is 4.12. The number of carbonyl (C=O) groups excluding carboxylic acids is 1. The molecule has 1 rings (SSSR count). The van der Waals surface area contributed by atoms with Gasteiger partial charge in [-0.25, -0.2) is 4.79 Å². The number of methoxy groups -OCH3 is 1. The molecule has 1 N–H and O–H groups in total. The lowest BCUT2D eigenvalue weighted by atomic mass is 10.1. The topological polar surface area (TPSA) is 49.8 Å². The van der Waals surface area contributed by atoms with Gasteiger partial charge in [0.25, 0.3) is 0 Å². The molecule has 0 bridgehead atoms. The summed E-state index contributed by atoms with van der Waals surface area (Å²) < 4.78 is 4.58. The third-order valence-corrected chi connectivity index (χ3v) is 1.79. The fourth-order valence-corrected chi connectivity index (χ4v) is 1.21. The maximum absolute atomic E-state index is 10.9. The molecule has 4 nitrogen and oxygen atoms in total. The first kappa shape index (κ1) is 11.2. The van der Waals surface area contributed by atoms with Crippen LogP contribution in [-0.4, -0.2) is 43.4 Å². The van der Waals surface area contributed by atoms with Crippen molar-refractivity contribution < 1.29 is 14.6 Å². The molecule has 1 fully saturated rings. The van der Waals surface area contributed by atoms with Crippen LogP contribution in [0.25, 0.3) is 0 Å². The zero-order chi connectivity index (χ0) is 9.40. The lowest BCUT2D eigenvalue weighted by Crippen LogP contribution is -2.35. The number of carbonyl (C=O) groups is 1. The highest BCUT2D eigenvalue weighted by Gasteiger charge is 2.15. The minimum atomic E-state index is -0.181. The molecule has 1 amide bonds. The third kappa shape index (κ3) is 3.57. The summed E-state index contributed by atoms with van der Waals surface area (Å²) >= 11 is 0. The van der Waals surface area contributed by atoms with E-state index < -0.39 is 0 Å². The first-order chi connectivity index (χ1) is 5.84.